The van der Waals surface area contributed by atoms with Crippen LogP contribution < -0.4 is 15.8 Å². The minimum absolute atomic E-state index is 0.0377. The third kappa shape index (κ3) is 5.65. The van der Waals surface area contributed by atoms with Crippen molar-refractivity contribution in [2.45, 2.75) is 17.7 Å². The van der Waals surface area contributed by atoms with Gasteiger partial charge < -0.3 is 20.9 Å². The number of nitriles is 2. The molecule has 1 heterocycles. The lowest BCUT2D eigenvalue weighted by molar-refractivity contribution is 0.0955. The molecule has 0 radical (unpaired) electrons. The molecular weight excluding hydrogens is 450 g/mol. The van der Waals surface area contributed by atoms with Crippen LogP contribution in [-0.4, -0.2) is 35.8 Å². The van der Waals surface area contributed by atoms with Crippen molar-refractivity contribution >= 4 is 23.5 Å². The van der Waals surface area contributed by atoms with Crippen LogP contribution in [0.1, 0.15) is 34.0 Å². The van der Waals surface area contributed by atoms with E-state index in [1.54, 1.807) is 42.5 Å². The maximum Gasteiger partial charge on any atom is 0.251 e. The molecule has 34 heavy (non-hydrogen) atoms. The molecule has 0 saturated carbocycles. The van der Waals surface area contributed by atoms with Crippen molar-refractivity contribution in [3.8, 4) is 29.0 Å². The van der Waals surface area contributed by atoms with Crippen LogP contribution in [0.3, 0.4) is 0 Å². The molecule has 0 unspecified atom stereocenters. The van der Waals surface area contributed by atoms with Gasteiger partial charge in [-0.05, 0) is 42.3 Å². The Morgan fingerprint density at radius 2 is 1.91 bits per heavy atom. The SMILES string of the molecule is CCNC(=O)c1cccc(CSc2nc(N)c(C#N)c(-c3ccc(OCCO)cc3)c2C#N)c1. The van der Waals surface area contributed by atoms with Crippen LogP contribution in [0.2, 0.25) is 0 Å². The highest BCUT2D eigenvalue weighted by molar-refractivity contribution is 7.98. The first-order valence-electron chi connectivity index (χ1n) is 10.5. The van der Waals surface area contributed by atoms with Gasteiger partial charge in [0.15, 0.2) is 0 Å². The van der Waals surface area contributed by atoms with Crippen LogP contribution in [0, 0.1) is 22.7 Å². The predicted molar refractivity (Wildman–Crippen MR) is 130 cm³/mol. The van der Waals surface area contributed by atoms with E-state index in [0.29, 0.717) is 39.8 Å². The number of nitrogens with one attached hydrogen (secondary N) is 1. The summed E-state index contributed by atoms with van der Waals surface area (Å²) in [7, 11) is 0. The number of carbonyl (C=O) groups excluding carboxylic acids is 1. The normalized spacial score (nSPS) is 10.2. The number of aliphatic hydroxyl groups is 1. The Kier molecular flexibility index (Phi) is 8.47. The fourth-order valence-electron chi connectivity index (χ4n) is 3.29. The van der Waals surface area contributed by atoms with Gasteiger partial charge in [0.05, 0.1) is 12.2 Å². The highest BCUT2D eigenvalue weighted by atomic mass is 32.2. The summed E-state index contributed by atoms with van der Waals surface area (Å²) in [6.07, 6.45) is 0. The number of carbonyl (C=O) groups is 1. The zero-order valence-electron chi connectivity index (χ0n) is 18.5. The highest BCUT2D eigenvalue weighted by Crippen LogP contribution is 2.37. The molecule has 0 aliphatic heterocycles. The first-order chi connectivity index (χ1) is 16.5. The number of aliphatic hydroxyl groups excluding tert-OH is 1. The van der Waals surface area contributed by atoms with Crippen molar-refractivity contribution in [2.75, 3.05) is 25.5 Å². The first kappa shape index (κ1) is 24.6. The van der Waals surface area contributed by atoms with Crippen molar-refractivity contribution < 1.29 is 14.6 Å². The lowest BCUT2D eigenvalue weighted by atomic mass is 9.97. The highest BCUT2D eigenvalue weighted by Gasteiger charge is 2.21. The van der Waals surface area contributed by atoms with Gasteiger partial charge in [-0.15, -0.1) is 11.8 Å². The number of nitrogens with two attached hydrogens (primary N) is 1. The van der Waals surface area contributed by atoms with E-state index in [-0.39, 0.29) is 36.1 Å². The minimum atomic E-state index is -0.151. The van der Waals surface area contributed by atoms with Gasteiger partial charge in [-0.25, -0.2) is 4.98 Å². The van der Waals surface area contributed by atoms with E-state index in [0.717, 1.165) is 5.56 Å². The third-order valence-electron chi connectivity index (χ3n) is 4.82. The molecule has 3 rings (SSSR count). The summed E-state index contributed by atoms with van der Waals surface area (Å²) in [5.74, 6) is 0.892. The van der Waals surface area contributed by atoms with E-state index < -0.39 is 0 Å². The molecule has 4 N–H and O–H groups in total. The van der Waals surface area contributed by atoms with Crippen LogP contribution in [0.25, 0.3) is 11.1 Å². The summed E-state index contributed by atoms with van der Waals surface area (Å²) in [5.41, 5.74) is 8.94. The van der Waals surface area contributed by atoms with Crippen molar-refractivity contribution in [2.24, 2.45) is 0 Å². The van der Waals surface area contributed by atoms with Crippen LogP contribution in [0.4, 0.5) is 5.82 Å². The molecule has 1 amide bonds. The van der Waals surface area contributed by atoms with Crippen LogP contribution in [0.5, 0.6) is 5.75 Å². The lowest BCUT2D eigenvalue weighted by Gasteiger charge is -2.14. The quantitative estimate of drug-likeness (QED) is 0.401. The van der Waals surface area contributed by atoms with Gasteiger partial charge in [0.2, 0.25) is 0 Å². The maximum absolute atomic E-state index is 12.1. The van der Waals surface area contributed by atoms with E-state index in [2.05, 4.69) is 22.4 Å². The molecule has 0 aliphatic rings. The summed E-state index contributed by atoms with van der Waals surface area (Å²) in [6, 6.07) is 18.3. The van der Waals surface area contributed by atoms with Gasteiger partial charge >= 0.3 is 0 Å². The second-order valence-electron chi connectivity index (χ2n) is 7.10. The molecule has 9 heteroatoms. The number of amides is 1. The van der Waals surface area contributed by atoms with E-state index in [1.165, 1.54) is 11.8 Å². The first-order valence-corrected chi connectivity index (χ1v) is 11.5. The molecule has 0 fully saturated rings. The Morgan fingerprint density at radius 3 is 2.56 bits per heavy atom. The van der Waals surface area contributed by atoms with E-state index in [1.807, 2.05) is 13.0 Å². The molecule has 0 aliphatic carbocycles. The number of hydrogen-bond donors (Lipinski definition) is 3. The van der Waals surface area contributed by atoms with Crippen LogP contribution >= 0.6 is 11.8 Å². The number of ether oxygens (including phenoxy) is 1. The molecule has 0 saturated heterocycles. The lowest BCUT2D eigenvalue weighted by Crippen LogP contribution is -2.22. The number of rotatable bonds is 9. The van der Waals surface area contributed by atoms with Crippen LogP contribution in [0.15, 0.2) is 53.6 Å². The van der Waals surface area contributed by atoms with Crippen LogP contribution in [-0.2, 0) is 5.75 Å². The molecule has 0 atom stereocenters. The van der Waals surface area contributed by atoms with E-state index in [9.17, 15) is 15.3 Å². The minimum Gasteiger partial charge on any atom is -0.491 e. The number of nitrogens with zero attached hydrogens (tertiary/aromatic N) is 3. The Hall–Kier alpha value is -4.05. The molecule has 8 nitrogen and oxygen atoms in total. The second-order valence-corrected chi connectivity index (χ2v) is 8.06. The van der Waals surface area contributed by atoms with Gasteiger partial charge in [-0.2, -0.15) is 10.5 Å². The summed E-state index contributed by atoms with van der Waals surface area (Å²) < 4.78 is 5.39. The summed E-state index contributed by atoms with van der Waals surface area (Å²) in [4.78, 5) is 16.5. The number of thioether (sulfide) groups is 1. The number of nitrogen functional groups attached to an aromatic ring is 1. The van der Waals surface area contributed by atoms with Gasteiger partial charge in [0.25, 0.3) is 5.91 Å². The van der Waals surface area contributed by atoms with Gasteiger partial charge in [0.1, 0.15) is 40.9 Å². The third-order valence-corrected chi connectivity index (χ3v) is 5.87. The molecule has 172 valence electrons. The number of anilines is 1. The maximum atomic E-state index is 12.1. The smallest absolute Gasteiger partial charge is 0.251 e. The molecule has 0 bridgehead atoms. The summed E-state index contributed by atoms with van der Waals surface area (Å²) in [5, 5.41) is 31.7. The standard InChI is InChI=1S/C25H23N5O3S/c1-2-29-24(32)18-5-3-4-16(12-18)15-34-25-21(14-27)22(20(13-26)23(28)30-25)17-6-8-19(9-7-17)33-11-10-31/h3-9,12,31H,2,10-11,15H2,1H3,(H2,28,30)(H,29,32). The van der Waals surface area contributed by atoms with Crippen molar-refractivity contribution in [3.63, 3.8) is 0 Å². The van der Waals surface area contributed by atoms with E-state index in [4.69, 9.17) is 15.6 Å². The molecule has 1 aromatic heterocycles. The van der Waals surface area contributed by atoms with Gasteiger partial charge in [-0.3, -0.25) is 4.79 Å². The predicted octanol–water partition coefficient (Wildman–Crippen LogP) is 3.49. The Balaban J connectivity index is 1.95. The Bertz CT molecular complexity index is 1260. The Morgan fingerprint density at radius 1 is 1.18 bits per heavy atom. The topological polar surface area (TPSA) is 145 Å². The molecular formula is C25H23N5O3S. The average Bonchev–Trinajstić information content (AvgIpc) is 2.86. The largest absolute Gasteiger partial charge is 0.491 e. The molecule has 0 spiro atoms. The number of benzene rings is 2. The average molecular weight is 474 g/mol. The number of aromatic nitrogens is 1. The summed E-state index contributed by atoms with van der Waals surface area (Å²) in [6.45, 7) is 2.45. The summed E-state index contributed by atoms with van der Waals surface area (Å²) >= 11 is 1.31. The van der Waals surface area contributed by atoms with Gasteiger partial charge in [-0.1, -0.05) is 24.3 Å². The fourth-order valence-corrected chi connectivity index (χ4v) is 4.23. The second kappa shape index (κ2) is 11.7. The molecule has 3 aromatic rings. The monoisotopic (exact) mass is 473 g/mol. The zero-order valence-corrected chi connectivity index (χ0v) is 19.4. The van der Waals surface area contributed by atoms with Crippen molar-refractivity contribution in [1.29, 1.82) is 10.5 Å². The zero-order chi connectivity index (χ0) is 24.5. The van der Waals surface area contributed by atoms with Crippen molar-refractivity contribution in [3.05, 3.63) is 70.8 Å². The molecule has 2 aromatic carbocycles. The van der Waals surface area contributed by atoms with Gasteiger partial charge in [0, 0.05) is 23.4 Å². The number of pyridine rings is 1. The van der Waals surface area contributed by atoms with Crippen molar-refractivity contribution in [1.82, 2.24) is 10.3 Å². The number of hydrogen-bond acceptors (Lipinski definition) is 8. The fraction of sp³-hybridized carbons (Fsp3) is 0.200. The Labute approximate surface area is 202 Å². The van der Waals surface area contributed by atoms with E-state index >= 15 is 0 Å².